The summed E-state index contributed by atoms with van der Waals surface area (Å²) >= 11 is 0. The molecule has 0 radical (unpaired) electrons. The van der Waals surface area contributed by atoms with Crippen molar-refractivity contribution in [3.05, 3.63) is 143 Å². The number of nitrogens with one attached hydrogen (secondary N) is 1. The Morgan fingerprint density at radius 2 is 1.30 bits per heavy atom. The number of fused-ring (bicyclic) bond motifs is 5. The van der Waals surface area contributed by atoms with Crippen LogP contribution in [0.15, 0.2) is 109 Å². The van der Waals surface area contributed by atoms with E-state index < -0.39 is 23.9 Å². The average molecular weight is 569 g/mol. The van der Waals surface area contributed by atoms with Crippen LogP contribution >= 0.6 is 0 Å². The van der Waals surface area contributed by atoms with E-state index in [0.29, 0.717) is 10.4 Å². The number of benzene rings is 5. The highest BCUT2D eigenvalue weighted by Crippen LogP contribution is 2.44. The molecular weight excluding hydrogens is 544 g/mol. The average Bonchev–Trinajstić information content (AvgIpc) is 3.49. The summed E-state index contributed by atoms with van der Waals surface area (Å²) in [6.45, 7) is 0.355. The highest BCUT2D eigenvalue weighted by Gasteiger charge is 2.39. The Bertz CT molecular complexity index is 1890. The molecule has 5 aromatic rings. The maximum Gasteiger partial charge on any atom is 0.407 e. The van der Waals surface area contributed by atoms with Crippen LogP contribution < -0.4 is 5.32 Å². The Kier molecular flexibility index (Phi) is 6.43. The number of hydrogen-bond acceptors (Lipinski definition) is 6. The van der Waals surface area contributed by atoms with Crippen molar-refractivity contribution < 1.29 is 28.8 Å². The Morgan fingerprint density at radius 1 is 0.698 bits per heavy atom. The van der Waals surface area contributed by atoms with E-state index in [1.165, 1.54) is 12.1 Å². The van der Waals surface area contributed by atoms with E-state index >= 15 is 0 Å². The summed E-state index contributed by atoms with van der Waals surface area (Å²) in [7, 11) is 0. The number of carbonyl (C=O) groups is 4. The minimum atomic E-state index is -0.851. The number of carbonyl (C=O) groups excluding carboxylic acids is 4. The van der Waals surface area contributed by atoms with Crippen LogP contribution in [-0.2, 0) is 16.1 Å². The summed E-state index contributed by atoms with van der Waals surface area (Å²) < 4.78 is 5.66. The molecule has 2 aliphatic rings. The number of amides is 3. The predicted molar refractivity (Wildman–Crippen MR) is 158 cm³/mol. The Morgan fingerprint density at radius 3 is 1.95 bits per heavy atom. The Hall–Kier alpha value is -5.76. The predicted octanol–water partition coefficient (Wildman–Crippen LogP) is 6.25. The SMILES string of the molecule is O=C(NCc1cccc2ccc(C(=O)ON3C(=O)c4ccccc4C3=O)cc12)OCC1c2ccccc2-c2ccccc21. The largest absolute Gasteiger partial charge is 0.449 e. The zero-order valence-electron chi connectivity index (χ0n) is 22.8. The molecule has 1 aliphatic carbocycles. The zero-order valence-corrected chi connectivity index (χ0v) is 22.8. The highest BCUT2D eigenvalue weighted by atomic mass is 16.7. The summed E-state index contributed by atoms with van der Waals surface area (Å²) in [4.78, 5) is 56.2. The lowest BCUT2D eigenvalue weighted by Crippen LogP contribution is -2.32. The summed E-state index contributed by atoms with van der Waals surface area (Å²) in [6, 6.07) is 33.1. The van der Waals surface area contributed by atoms with E-state index in [9.17, 15) is 19.2 Å². The second kappa shape index (κ2) is 10.6. The van der Waals surface area contributed by atoms with Gasteiger partial charge in [-0.2, -0.15) is 0 Å². The second-order valence-corrected chi connectivity index (χ2v) is 10.4. The molecule has 5 aromatic carbocycles. The molecule has 7 rings (SSSR count). The molecule has 0 aromatic heterocycles. The van der Waals surface area contributed by atoms with Crippen molar-refractivity contribution >= 4 is 34.6 Å². The van der Waals surface area contributed by atoms with E-state index in [-0.39, 0.29) is 35.8 Å². The lowest BCUT2D eigenvalue weighted by molar-refractivity contribution is -0.0584. The first-order valence-electron chi connectivity index (χ1n) is 13.8. The molecule has 0 spiro atoms. The van der Waals surface area contributed by atoms with Gasteiger partial charge in [-0.05, 0) is 62.9 Å². The number of nitrogens with zero attached hydrogens (tertiary/aromatic N) is 1. The number of ether oxygens (including phenoxy) is 1. The number of hydroxylamine groups is 2. The molecule has 1 N–H and O–H groups in total. The van der Waals surface area contributed by atoms with Gasteiger partial charge in [-0.15, -0.1) is 0 Å². The molecule has 8 heteroatoms. The fourth-order valence-electron chi connectivity index (χ4n) is 5.82. The van der Waals surface area contributed by atoms with Crippen LogP contribution in [0.2, 0.25) is 0 Å². The zero-order chi connectivity index (χ0) is 29.5. The Labute approximate surface area is 246 Å². The third-order valence-electron chi connectivity index (χ3n) is 7.91. The van der Waals surface area contributed by atoms with Crippen molar-refractivity contribution in [3.8, 4) is 11.1 Å². The second-order valence-electron chi connectivity index (χ2n) is 10.4. The standard InChI is InChI=1S/C35H24N2O6/c38-32-28-14-5-6-15-29(28)33(39)37(32)43-34(40)22-17-16-21-8-7-9-23(30(21)18-22)19-36-35(41)42-20-31-26-12-3-1-10-24(26)25-11-2-4-13-27(25)31/h1-18,31H,19-20H2,(H,36,41). The lowest BCUT2D eigenvalue weighted by atomic mass is 9.98. The van der Waals surface area contributed by atoms with Crippen molar-refractivity contribution in [2.75, 3.05) is 6.61 Å². The monoisotopic (exact) mass is 568 g/mol. The van der Waals surface area contributed by atoms with Gasteiger partial charge in [0.25, 0.3) is 11.8 Å². The van der Waals surface area contributed by atoms with E-state index in [2.05, 4.69) is 29.6 Å². The van der Waals surface area contributed by atoms with Crippen molar-refractivity contribution in [3.63, 3.8) is 0 Å². The van der Waals surface area contributed by atoms with Crippen molar-refractivity contribution in [2.24, 2.45) is 0 Å². The van der Waals surface area contributed by atoms with Crippen molar-refractivity contribution in [1.82, 2.24) is 10.4 Å². The van der Waals surface area contributed by atoms with E-state index in [1.54, 1.807) is 30.3 Å². The minimum Gasteiger partial charge on any atom is -0.449 e. The van der Waals surface area contributed by atoms with Crippen LogP contribution in [0.5, 0.6) is 0 Å². The molecule has 1 aliphatic heterocycles. The summed E-state index contributed by atoms with van der Waals surface area (Å²) in [6.07, 6.45) is -0.556. The smallest absolute Gasteiger partial charge is 0.407 e. The van der Waals surface area contributed by atoms with Gasteiger partial charge in [0, 0.05) is 12.5 Å². The van der Waals surface area contributed by atoms with Crippen molar-refractivity contribution in [2.45, 2.75) is 12.5 Å². The van der Waals surface area contributed by atoms with E-state index in [0.717, 1.165) is 33.2 Å². The number of alkyl carbamates (subject to hydrolysis) is 1. The number of imide groups is 1. The van der Waals surface area contributed by atoms with Gasteiger partial charge in [0.05, 0.1) is 16.7 Å². The lowest BCUT2D eigenvalue weighted by Gasteiger charge is -2.15. The molecule has 0 saturated carbocycles. The third-order valence-corrected chi connectivity index (χ3v) is 7.91. The maximum absolute atomic E-state index is 13.0. The van der Waals surface area contributed by atoms with Crippen LogP contribution in [-0.4, -0.2) is 35.5 Å². The quantitative estimate of drug-likeness (QED) is 0.243. The van der Waals surface area contributed by atoms with Gasteiger partial charge in [0.1, 0.15) is 6.61 Å². The first-order chi connectivity index (χ1) is 21.0. The molecular formula is C35H24N2O6. The number of hydrogen-bond donors (Lipinski definition) is 1. The van der Waals surface area contributed by atoms with Crippen molar-refractivity contribution in [1.29, 1.82) is 0 Å². The summed E-state index contributed by atoms with van der Waals surface area (Å²) in [5, 5.41) is 4.85. The molecule has 210 valence electrons. The van der Waals surface area contributed by atoms with Gasteiger partial charge >= 0.3 is 12.1 Å². The molecule has 0 saturated heterocycles. The minimum absolute atomic E-state index is 0.0496. The molecule has 0 unspecified atom stereocenters. The van der Waals surface area contributed by atoms with Crippen LogP contribution in [0.1, 0.15) is 53.7 Å². The molecule has 43 heavy (non-hydrogen) atoms. The Balaban J connectivity index is 1.03. The summed E-state index contributed by atoms with van der Waals surface area (Å²) in [5.74, 6) is -2.28. The summed E-state index contributed by atoms with van der Waals surface area (Å²) in [5.41, 5.74) is 5.83. The van der Waals surface area contributed by atoms with Gasteiger partial charge in [0.15, 0.2) is 0 Å². The normalized spacial score (nSPS) is 13.4. The molecule has 0 bridgehead atoms. The first kappa shape index (κ1) is 26.2. The van der Waals surface area contributed by atoms with Gasteiger partial charge < -0.3 is 14.9 Å². The van der Waals surface area contributed by atoms with Crippen LogP contribution in [0.3, 0.4) is 0 Å². The molecule has 3 amide bonds. The van der Waals surface area contributed by atoms with Crippen LogP contribution in [0.4, 0.5) is 4.79 Å². The number of rotatable bonds is 6. The van der Waals surface area contributed by atoms with E-state index in [4.69, 9.17) is 9.57 Å². The highest BCUT2D eigenvalue weighted by molar-refractivity contribution is 6.21. The first-order valence-corrected chi connectivity index (χ1v) is 13.8. The fraction of sp³-hybridized carbons (Fsp3) is 0.0857. The third kappa shape index (κ3) is 4.59. The molecule has 0 fully saturated rings. The molecule has 8 nitrogen and oxygen atoms in total. The van der Waals surface area contributed by atoms with E-state index in [1.807, 2.05) is 42.5 Å². The maximum atomic E-state index is 13.0. The van der Waals surface area contributed by atoms with Gasteiger partial charge in [-0.25, -0.2) is 9.59 Å². The van der Waals surface area contributed by atoms with Crippen LogP contribution in [0, 0.1) is 0 Å². The molecule has 1 heterocycles. The fourth-order valence-corrected chi connectivity index (χ4v) is 5.82. The topological polar surface area (TPSA) is 102 Å². The van der Waals surface area contributed by atoms with Gasteiger partial charge in [-0.1, -0.05) is 90.0 Å². The van der Waals surface area contributed by atoms with Gasteiger partial charge in [0.2, 0.25) is 0 Å². The van der Waals surface area contributed by atoms with Crippen LogP contribution in [0.25, 0.3) is 21.9 Å². The molecule has 0 atom stereocenters. The van der Waals surface area contributed by atoms with Gasteiger partial charge in [-0.3, -0.25) is 9.59 Å².